The molecule has 6 aromatic rings. The van der Waals surface area contributed by atoms with Gasteiger partial charge in [0, 0.05) is 22.5 Å². The molecular weight excluding hydrogens is 581 g/mol. The van der Waals surface area contributed by atoms with E-state index in [2.05, 4.69) is 209 Å². The van der Waals surface area contributed by atoms with Crippen molar-refractivity contribution in [3.63, 3.8) is 0 Å². The first-order valence-corrected chi connectivity index (χ1v) is 17.2. The van der Waals surface area contributed by atoms with Crippen LogP contribution in [0.3, 0.4) is 0 Å². The molecule has 1 atom stereocenters. The molecule has 0 saturated carbocycles. The summed E-state index contributed by atoms with van der Waals surface area (Å²) in [6.07, 6.45) is 8.06. The minimum absolute atomic E-state index is 0.106. The van der Waals surface area contributed by atoms with Crippen LogP contribution in [0.2, 0.25) is 0 Å². The molecule has 0 aromatic heterocycles. The fourth-order valence-electron chi connectivity index (χ4n) is 7.53. The lowest BCUT2D eigenvalue weighted by Crippen LogP contribution is -2.55. The molecule has 1 aliphatic carbocycles. The monoisotopic (exact) mass is 626 g/mol. The summed E-state index contributed by atoms with van der Waals surface area (Å²) in [6.45, 7) is 14.0. The van der Waals surface area contributed by atoms with Gasteiger partial charge >= 0.3 is 0 Å². The molecule has 0 N–H and O–H groups in total. The van der Waals surface area contributed by atoms with E-state index in [1.54, 1.807) is 0 Å². The molecule has 0 radical (unpaired) electrons. The highest BCUT2D eigenvalue weighted by Gasteiger charge is 2.41. The SMILES string of the molecule is CC(C)(C)c1ccc(C(C)(C)N(c2ccc3ccccc3c2)C2(C)C=CC(N(c3ccccc3)c3cccc4ccccc34)=CC2)cc1. The molecule has 7 rings (SSSR count). The molecule has 0 fully saturated rings. The first-order valence-electron chi connectivity index (χ1n) is 17.2. The second-order valence-electron chi connectivity index (χ2n) is 14.9. The van der Waals surface area contributed by atoms with Crippen molar-refractivity contribution in [1.29, 1.82) is 0 Å². The Morgan fingerprint density at radius 3 is 1.88 bits per heavy atom. The third kappa shape index (κ3) is 5.81. The summed E-state index contributed by atoms with van der Waals surface area (Å²) in [4.78, 5) is 5.06. The van der Waals surface area contributed by atoms with Crippen molar-refractivity contribution < 1.29 is 0 Å². The highest BCUT2D eigenvalue weighted by molar-refractivity contribution is 5.97. The Labute approximate surface area is 286 Å². The summed E-state index contributed by atoms with van der Waals surface area (Å²) in [6, 6.07) is 50.9. The average molecular weight is 627 g/mol. The Balaban J connectivity index is 1.33. The van der Waals surface area contributed by atoms with Gasteiger partial charge in [0.25, 0.3) is 0 Å². The smallest absolute Gasteiger partial charge is 0.0606 e. The lowest BCUT2D eigenvalue weighted by molar-refractivity contribution is 0.372. The van der Waals surface area contributed by atoms with Gasteiger partial charge < -0.3 is 9.80 Å². The van der Waals surface area contributed by atoms with Crippen LogP contribution in [-0.2, 0) is 11.0 Å². The molecule has 0 aliphatic heterocycles. The molecule has 6 aromatic carbocycles. The topological polar surface area (TPSA) is 6.48 Å². The highest BCUT2D eigenvalue weighted by atomic mass is 15.3. The van der Waals surface area contributed by atoms with Crippen LogP contribution in [-0.4, -0.2) is 5.54 Å². The molecule has 2 nitrogen and oxygen atoms in total. The molecule has 0 spiro atoms. The largest absolute Gasteiger partial charge is 0.353 e. The van der Waals surface area contributed by atoms with Crippen molar-refractivity contribution in [2.45, 2.75) is 64.5 Å². The number of rotatable bonds is 7. The van der Waals surface area contributed by atoms with Gasteiger partial charge in [-0.1, -0.05) is 142 Å². The number of hydrogen-bond acceptors (Lipinski definition) is 2. The van der Waals surface area contributed by atoms with E-state index in [0.29, 0.717) is 0 Å². The first-order chi connectivity index (χ1) is 23.0. The molecular formula is C46H46N2. The van der Waals surface area contributed by atoms with E-state index >= 15 is 0 Å². The molecule has 48 heavy (non-hydrogen) atoms. The van der Waals surface area contributed by atoms with Gasteiger partial charge in [-0.25, -0.2) is 0 Å². The molecule has 240 valence electrons. The van der Waals surface area contributed by atoms with Crippen LogP contribution < -0.4 is 9.80 Å². The molecule has 2 heteroatoms. The molecule has 0 saturated heterocycles. The van der Waals surface area contributed by atoms with Crippen molar-refractivity contribution in [1.82, 2.24) is 0 Å². The number of benzene rings is 6. The third-order valence-corrected chi connectivity index (χ3v) is 10.1. The van der Waals surface area contributed by atoms with Crippen LogP contribution in [0.4, 0.5) is 17.1 Å². The highest BCUT2D eigenvalue weighted by Crippen LogP contribution is 2.45. The predicted molar refractivity (Wildman–Crippen MR) is 207 cm³/mol. The molecule has 1 aliphatic rings. The number of anilines is 3. The van der Waals surface area contributed by atoms with E-state index in [0.717, 1.165) is 12.1 Å². The van der Waals surface area contributed by atoms with Crippen LogP contribution in [0, 0.1) is 0 Å². The van der Waals surface area contributed by atoms with Crippen LogP contribution in [0.5, 0.6) is 0 Å². The zero-order valence-electron chi connectivity index (χ0n) is 29.1. The summed E-state index contributed by atoms with van der Waals surface area (Å²) in [5.41, 5.74) is 6.90. The fourth-order valence-corrected chi connectivity index (χ4v) is 7.53. The van der Waals surface area contributed by atoms with Gasteiger partial charge in [0.05, 0.1) is 16.8 Å². The first kappa shape index (κ1) is 31.5. The van der Waals surface area contributed by atoms with Crippen LogP contribution in [0.15, 0.2) is 163 Å². The maximum absolute atomic E-state index is 2.65. The van der Waals surface area contributed by atoms with Gasteiger partial charge in [-0.3, -0.25) is 0 Å². The third-order valence-electron chi connectivity index (χ3n) is 10.1. The Morgan fingerprint density at radius 2 is 1.19 bits per heavy atom. The van der Waals surface area contributed by atoms with Gasteiger partial charge in [-0.2, -0.15) is 0 Å². The second kappa shape index (κ2) is 12.2. The van der Waals surface area contributed by atoms with E-state index < -0.39 is 0 Å². The zero-order chi connectivity index (χ0) is 33.5. The standard InChI is InChI=1S/C46H46N2/c1-44(2,3)37-24-26-38(27-25-37)45(4,5)48(41-28-23-34-15-10-11-17-36(34)33-41)46(6)31-29-40(30-32-46)47(39-19-8-7-9-20-39)43-22-14-18-35-16-12-13-21-42(35)43/h7-31,33H,32H2,1-6H3. The Bertz CT molecular complexity index is 2120. The van der Waals surface area contributed by atoms with Crippen molar-refractivity contribution in [3.8, 4) is 0 Å². The molecule has 0 bridgehead atoms. The maximum Gasteiger partial charge on any atom is 0.0606 e. The lowest BCUT2D eigenvalue weighted by atomic mass is 9.80. The van der Waals surface area contributed by atoms with E-state index in [-0.39, 0.29) is 16.5 Å². The number of hydrogen-bond donors (Lipinski definition) is 0. The molecule has 1 unspecified atom stereocenters. The van der Waals surface area contributed by atoms with Crippen molar-refractivity contribution in [2.24, 2.45) is 0 Å². The van der Waals surface area contributed by atoms with E-state index in [9.17, 15) is 0 Å². The summed E-state index contributed by atoms with van der Waals surface area (Å²) < 4.78 is 0. The predicted octanol–water partition coefficient (Wildman–Crippen LogP) is 12.5. The second-order valence-corrected chi connectivity index (χ2v) is 14.9. The number of para-hydroxylation sites is 1. The van der Waals surface area contributed by atoms with Gasteiger partial charge in [-0.05, 0) is 96.3 Å². The number of allylic oxidation sites excluding steroid dienone is 1. The minimum atomic E-state index is -0.307. The quantitative estimate of drug-likeness (QED) is 0.174. The lowest BCUT2D eigenvalue weighted by Gasteiger charge is -2.52. The van der Waals surface area contributed by atoms with E-state index in [4.69, 9.17) is 0 Å². The Kier molecular flexibility index (Phi) is 8.00. The molecule has 0 heterocycles. The van der Waals surface area contributed by atoms with Crippen LogP contribution in [0.1, 0.15) is 59.1 Å². The fraction of sp³-hybridized carbons (Fsp3) is 0.217. The van der Waals surface area contributed by atoms with Gasteiger partial charge in [0.1, 0.15) is 0 Å². The maximum atomic E-state index is 2.65. The summed E-state index contributed by atoms with van der Waals surface area (Å²) >= 11 is 0. The van der Waals surface area contributed by atoms with Gasteiger partial charge in [0.15, 0.2) is 0 Å². The average Bonchev–Trinajstić information content (AvgIpc) is 3.09. The van der Waals surface area contributed by atoms with Crippen molar-refractivity contribution in [2.75, 3.05) is 9.80 Å². The van der Waals surface area contributed by atoms with Crippen molar-refractivity contribution in [3.05, 3.63) is 175 Å². The number of fused-ring (bicyclic) bond motifs is 2. The van der Waals surface area contributed by atoms with E-state index in [1.165, 1.54) is 49.7 Å². The van der Waals surface area contributed by atoms with Crippen LogP contribution in [0.25, 0.3) is 21.5 Å². The Hall–Kier alpha value is -5.08. The zero-order valence-corrected chi connectivity index (χ0v) is 29.1. The summed E-state index contributed by atoms with van der Waals surface area (Å²) in [5.74, 6) is 0. The summed E-state index contributed by atoms with van der Waals surface area (Å²) in [5, 5.41) is 4.99. The van der Waals surface area contributed by atoms with Crippen molar-refractivity contribution >= 4 is 38.6 Å². The van der Waals surface area contributed by atoms with Crippen LogP contribution >= 0.6 is 0 Å². The molecule has 0 amide bonds. The van der Waals surface area contributed by atoms with Gasteiger partial charge in [-0.15, -0.1) is 0 Å². The normalized spacial score (nSPS) is 16.6. The summed E-state index contributed by atoms with van der Waals surface area (Å²) in [7, 11) is 0. The van der Waals surface area contributed by atoms with E-state index in [1.807, 2.05) is 0 Å². The minimum Gasteiger partial charge on any atom is -0.353 e. The van der Waals surface area contributed by atoms with Gasteiger partial charge in [0.2, 0.25) is 0 Å². The number of nitrogens with zero attached hydrogens (tertiary/aromatic N) is 2. The Morgan fingerprint density at radius 1 is 0.562 bits per heavy atom.